The van der Waals surface area contributed by atoms with Gasteiger partial charge in [0.25, 0.3) is 0 Å². The molecule has 0 N–H and O–H groups in total. The fourth-order valence-corrected chi connectivity index (χ4v) is 3.52. The molecule has 2 aliphatic rings. The van der Waals surface area contributed by atoms with Gasteiger partial charge in [-0.15, -0.1) is 0 Å². The van der Waals surface area contributed by atoms with E-state index in [4.69, 9.17) is 14.2 Å². The minimum atomic E-state index is -0.596. The summed E-state index contributed by atoms with van der Waals surface area (Å²) in [5.41, 5.74) is 2.25. The Labute approximate surface area is 159 Å². The largest absolute Gasteiger partial charge is 0.466 e. The van der Waals surface area contributed by atoms with Crippen molar-refractivity contribution in [1.29, 1.82) is 0 Å². The maximum absolute atomic E-state index is 12.3. The average molecular weight is 374 g/mol. The molecule has 1 aromatic carbocycles. The molecule has 27 heavy (non-hydrogen) atoms. The Morgan fingerprint density at radius 3 is 2.07 bits per heavy atom. The van der Waals surface area contributed by atoms with E-state index in [2.05, 4.69) is 4.90 Å². The van der Waals surface area contributed by atoms with Gasteiger partial charge in [0.2, 0.25) is 0 Å². The zero-order chi connectivity index (χ0) is 19.2. The summed E-state index contributed by atoms with van der Waals surface area (Å²) in [6.45, 7) is 2.30. The molecule has 0 aliphatic carbocycles. The fourth-order valence-electron chi connectivity index (χ4n) is 3.52. The number of ether oxygens (including phenoxy) is 3. The molecule has 0 atom stereocenters. The zero-order valence-electron chi connectivity index (χ0n) is 15.9. The van der Waals surface area contributed by atoms with E-state index in [0.717, 1.165) is 24.5 Å². The number of hydrogen-bond donors (Lipinski definition) is 0. The Morgan fingerprint density at radius 2 is 1.48 bits per heavy atom. The Hall–Kier alpha value is -2.54. The van der Waals surface area contributed by atoms with E-state index in [1.165, 1.54) is 39.9 Å². The van der Waals surface area contributed by atoms with E-state index >= 15 is 0 Å². The molecule has 0 bridgehead atoms. The first kappa shape index (κ1) is 19.2. The molecule has 0 aromatic heterocycles. The molecular formula is C20H26N2O5. The zero-order valence-corrected chi connectivity index (χ0v) is 15.9. The van der Waals surface area contributed by atoms with Crippen molar-refractivity contribution >= 4 is 23.3 Å². The van der Waals surface area contributed by atoms with Gasteiger partial charge < -0.3 is 24.0 Å². The lowest BCUT2D eigenvalue weighted by molar-refractivity contribution is -0.140. The number of hydrogen-bond acceptors (Lipinski definition) is 7. The summed E-state index contributed by atoms with van der Waals surface area (Å²) in [6.07, 6.45) is 4.98. The highest BCUT2D eigenvalue weighted by Crippen LogP contribution is 2.29. The molecule has 7 heteroatoms. The monoisotopic (exact) mass is 374 g/mol. The second-order valence-electron chi connectivity index (χ2n) is 6.63. The number of esters is 2. The highest BCUT2D eigenvalue weighted by atomic mass is 16.5. The molecule has 0 unspecified atom stereocenters. The average Bonchev–Trinajstić information content (AvgIpc) is 3.01. The smallest absolute Gasteiger partial charge is 0.355 e. The van der Waals surface area contributed by atoms with E-state index < -0.39 is 11.9 Å². The summed E-state index contributed by atoms with van der Waals surface area (Å²) in [5.74, 6) is -1.18. The van der Waals surface area contributed by atoms with Crippen LogP contribution in [-0.2, 0) is 23.8 Å². The first-order chi connectivity index (χ1) is 13.2. The molecule has 0 amide bonds. The first-order valence-electron chi connectivity index (χ1n) is 9.25. The van der Waals surface area contributed by atoms with Gasteiger partial charge in [-0.1, -0.05) is 12.8 Å². The van der Waals surface area contributed by atoms with E-state index in [-0.39, 0.29) is 24.6 Å². The van der Waals surface area contributed by atoms with E-state index in [9.17, 15) is 9.59 Å². The number of carbonyl (C=O) groups excluding carboxylic acids is 2. The van der Waals surface area contributed by atoms with Crippen LogP contribution in [-0.4, -0.2) is 52.6 Å². The van der Waals surface area contributed by atoms with Crippen molar-refractivity contribution < 1.29 is 23.8 Å². The third-order valence-corrected chi connectivity index (χ3v) is 4.97. The second-order valence-corrected chi connectivity index (χ2v) is 6.63. The lowest BCUT2D eigenvalue weighted by atomic mass is 10.1. The molecule has 2 heterocycles. The van der Waals surface area contributed by atoms with Crippen LogP contribution in [0.25, 0.3) is 0 Å². The van der Waals surface area contributed by atoms with E-state index in [1.54, 1.807) is 4.90 Å². The van der Waals surface area contributed by atoms with Gasteiger partial charge in [-0.2, -0.15) is 0 Å². The number of carbonyl (C=O) groups is 2. The summed E-state index contributed by atoms with van der Waals surface area (Å²) >= 11 is 0. The van der Waals surface area contributed by atoms with Gasteiger partial charge >= 0.3 is 11.9 Å². The maximum Gasteiger partial charge on any atom is 0.355 e. The van der Waals surface area contributed by atoms with Crippen molar-refractivity contribution in [3.8, 4) is 0 Å². The number of rotatable bonds is 4. The van der Waals surface area contributed by atoms with Gasteiger partial charge in [-0.25, -0.2) is 9.59 Å². The molecule has 146 valence electrons. The van der Waals surface area contributed by atoms with Crippen molar-refractivity contribution in [2.75, 3.05) is 50.4 Å². The molecule has 2 aliphatic heterocycles. The summed E-state index contributed by atoms with van der Waals surface area (Å²) in [5, 5.41) is 0. The Bertz CT molecular complexity index is 706. The number of nitrogens with zero attached hydrogens (tertiary/aromatic N) is 2. The third-order valence-electron chi connectivity index (χ3n) is 4.97. The molecule has 0 radical (unpaired) electrons. The van der Waals surface area contributed by atoms with Crippen molar-refractivity contribution in [2.45, 2.75) is 25.7 Å². The topological polar surface area (TPSA) is 68.3 Å². The lowest BCUT2D eigenvalue weighted by Gasteiger charge is -2.31. The Kier molecular flexibility index (Phi) is 6.34. The van der Waals surface area contributed by atoms with Gasteiger partial charge in [0.1, 0.15) is 12.4 Å². The standard InChI is InChI=1S/C20H26N2O5/c1-25-19(23)17-13-27-14-22(18(17)20(24)26-2)16-9-7-15(8-10-16)21-11-5-3-4-6-12-21/h7-10H,3-6,11-14H2,1-2H3. The Morgan fingerprint density at radius 1 is 0.889 bits per heavy atom. The number of anilines is 2. The summed E-state index contributed by atoms with van der Waals surface area (Å²) in [6, 6.07) is 7.96. The van der Waals surface area contributed by atoms with Gasteiger partial charge in [0, 0.05) is 24.5 Å². The van der Waals surface area contributed by atoms with Crippen molar-refractivity contribution in [1.82, 2.24) is 0 Å². The predicted octanol–water partition coefficient (Wildman–Crippen LogP) is 2.46. The molecule has 1 fully saturated rings. The van der Waals surface area contributed by atoms with Crippen LogP contribution in [0.1, 0.15) is 25.7 Å². The van der Waals surface area contributed by atoms with Gasteiger partial charge in [-0.3, -0.25) is 0 Å². The molecule has 0 saturated carbocycles. The molecular weight excluding hydrogens is 348 g/mol. The van der Waals surface area contributed by atoms with Crippen molar-refractivity contribution in [3.63, 3.8) is 0 Å². The van der Waals surface area contributed by atoms with Crippen molar-refractivity contribution in [2.24, 2.45) is 0 Å². The van der Waals surface area contributed by atoms with Gasteiger partial charge in [-0.05, 0) is 37.1 Å². The van der Waals surface area contributed by atoms with Crippen molar-refractivity contribution in [3.05, 3.63) is 35.5 Å². The molecule has 1 saturated heterocycles. The van der Waals surface area contributed by atoms with Crippen LogP contribution in [0.5, 0.6) is 0 Å². The van der Waals surface area contributed by atoms with Gasteiger partial charge in [0.15, 0.2) is 0 Å². The molecule has 3 rings (SSSR count). The van der Waals surface area contributed by atoms with Crippen LogP contribution in [0.2, 0.25) is 0 Å². The molecule has 7 nitrogen and oxygen atoms in total. The van der Waals surface area contributed by atoms with Crippen LogP contribution in [0.4, 0.5) is 11.4 Å². The highest BCUT2D eigenvalue weighted by Gasteiger charge is 2.32. The number of benzene rings is 1. The van der Waals surface area contributed by atoms with Crippen LogP contribution >= 0.6 is 0 Å². The molecule has 1 aromatic rings. The second kappa shape index (κ2) is 8.90. The fraction of sp³-hybridized carbons (Fsp3) is 0.500. The first-order valence-corrected chi connectivity index (χ1v) is 9.25. The summed E-state index contributed by atoms with van der Waals surface area (Å²) in [7, 11) is 2.57. The Balaban J connectivity index is 1.89. The van der Waals surface area contributed by atoms with Gasteiger partial charge in [0.05, 0.1) is 26.4 Å². The normalized spacial score (nSPS) is 18.1. The lowest BCUT2D eigenvalue weighted by Crippen LogP contribution is -2.38. The van der Waals surface area contributed by atoms with Crippen LogP contribution in [0.15, 0.2) is 35.5 Å². The quantitative estimate of drug-likeness (QED) is 0.750. The highest BCUT2D eigenvalue weighted by molar-refractivity contribution is 6.03. The minimum absolute atomic E-state index is 0.0134. The SMILES string of the molecule is COC(=O)C1=C(C(=O)OC)N(c2ccc(N3CCCCCC3)cc2)COC1. The van der Waals surface area contributed by atoms with Crippen LogP contribution < -0.4 is 9.80 Å². The maximum atomic E-state index is 12.3. The van der Waals surface area contributed by atoms with Crippen LogP contribution in [0, 0.1) is 0 Å². The molecule has 0 spiro atoms. The summed E-state index contributed by atoms with van der Waals surface area (Å²) in [4.78, 5) is 28.4. The van der Waals surface area contributed by atoms with Crippen LogP contribution in [0.3, 0.4) is 0 Å². The van der Waals surface area contributed by atoms with E-state index in [0.29, 0.717) is 0 Å². The predicted molar refractivity (Wildman–Crippen MR) is 101 cm³/mol. The minimum Gasteiger partial charge on any atom is -0.466 e. The summed E-state index contributed by atoms with van der Waals surface area (Å²) < 4.78 is 15.2. The van der Waals surface area contributed by atoms with E-state index in [1.807, 2.05) is 24.3 Å². The number of methoxy groups -OCH3 is 2. The third kappa shape index (κ3) is 4.24.